The first-order valence-electron chi connectivity index (χ1n) is 11.0. The lowest BCUT2D eigenvalue weighted by atomic mass is 9.92. The molecule has 0 aliphatic heterocycles. The topological polar surface area (TPSA) is 73.7 Å². The van der Waals surface area contributed by atoms with Crippen molar-refractivity contribution in [3.63, 3.8) is 0 Å². The standard InChI is InChI=1S/C25H29N3O4/c1-17(29)27(2)19-9-11-20(12-10-19)32-24-13-21-22(14-23(24)31-3)26-16-28(25(21)30)15-18-7-5-4-6-8-18/h4-8,13-14,16,19-20H,9-12,15H2,1-3H3/t19-,20-. The largest absolute Gasteiger partial charge is 0.493 e. The molecule has 0 bridgehead atoms. The molecule has 1 fully saturated rings. The van der Waals surface area contributed by atoms with E-state index in [0.717, 1.165) is 31.2 Å². The number of hydrogen-bond acceptors (Lipinski definition) is 5. The normalized spacial score (nSPS) is 18.3. The van der Waals surface area contributed by atoms with Gasteiger partial charge in [-0.15, -0.1) is 0 Å². The maximum atomic E-state index is 13.1. The van der Waals surface area contributed by atoms with Gasteiger partial charge in [0.1, 0.15) is 0 Å². The zero-order valence-electron chi connectivity index (χ0n) is 18.8. The van der Waals surface area contributed by atoms with Gasteiger partial charge >= 0.3 is 0 Å². The van der Waals surface area contributed by atoms with Crippen LogP contribution in [0, 0.1) is 0 Å². The summed E-state index contributed by atoms with van der Waals surface area (Å²) in [6, 6.07) is 13.6. The van der Waals surface area contributed by atoms with Crippen LogP contribution in [0.15, 0.2) is 53.6 Å². The maximum absolute atomic E-state index is 13.1. The Morgan fingerprint density at radius 3 is 2.50 bits per heavy atom. The van der Waals surface area contributed by atoms with Crippen molar-refractivity contribution in [2.24, 2.45) is 0 Å². The van der Waals surface area contributed by atoms with Gasteiger partial charge in [-0.3, -0.25) is 14.2 Å². The Labute approximate surface area is 187 Å². The fourth-order valence-electron chi connectivity index (χ4n) is 4.30. The molecule has 7 nitrogen and oxygen atoms in total. The number of carbonyl (C=O) groups excluding carboxylic acids is 1. The summed E-state index contributed by atoms with van der Waals surface area (Å²) < 4.78 is 13.4. The molecule has 0 unspecified atom stereocenters. The van der Waals surface area contributed by atoms with Gasteiger partial charge in [0.25, 0.3) is 5.56 Å². The molecule has 0 spiro atoms. The third-order valence-corrected chi connectivity index (χ3v) is 6.29. The Bertz CT molecular complexity index is 1150. The molecule has 168 valence electrons. The first-order valence-corrected chi connectivity index (χ1v) is 11.0. The lowest BCUT2D eigenvalue weighted by Crippen LogP contribution is -2.40. The second-order valence-corrected chi connectivity index (χ2v) is 8.36. The molecule has 1 aliphatic rings. The van der Waals surface area contributed by atoms with E-state index in [4.69, 9.17) is 9.47 Å². The van der Waals surface area contributed by atoms with E-state index in [1.807, 2.05) is 42.3 Å². The Morgan fingerprint density at radius 1 is 1.12 bits per heavy atom. The molecule has 1 saturated carbocycles. The zero-order chi connectivity index (χ0) is 22.7. The van der Waals surface area contributed by atoms with Crippen LogP contribution in [-0.2, 0) is 11.3 Å². The number of methoxy groups -OCH3 is 1. The first kappa shape index (κ1) is 21.9. The molecule has 32 heavy (non-hydrogen) atoms. The van der Waals surface area contributed by atoms with E-state index in [2.05, 4.69) is 4.98 Å². The van der Waals surface area contributed by atoms with E-state index >= 15 is 0 Å². The number of ether oxygens (including phenoxy) is 2. The highest BCUT2D eigenvalue weighted by Crippen LogP contribution is 2.34. The van der Waals surface area contributed by atoms with Crippen LogP contribution in [0.1, 0.15) is 38.2 Å². The molecule has 0 radical (unpaired) electrons. The first-order chi connectivity index (χ1) is 15.5. The zero-order valence-corrected chi connectivity index (χ0v) is 18.8. The van der Waals surface area contributed by atoms with Crippen molar-refractivity contribution in [1.82, 2.24) is 14.5 Å². The minimum Gasteiger partial charge on any atom is -0.493 e. The molecule has 7 heteroatoms. The van der Waals surface area contributed by atoms with Crippen LogP contribution in [-0.4, -0.2) is 46.7 Å². The van der Waals surface area contributed by atoms with Crippen LogP contribution in [0.2, 0.25) is 0 Å². The van der Waals surface area contributed by atoms with E-state index in [9.17, 15) is 9.59 Å². The van der Waals surface area contributed by atoms with Gasteiger partial charge in [0.2, 0.25) is 5.91 Å². The lowest BCUT2D eigenvalue weighted by Gasteiger charge is -2.34. The second kappa shape index (κ2) is 9.42. The molecule has 1 aliphatic carbocycles. The molecule has 1 amide bonds. The molecule has 4 rings (SSSR count). The predicted octanol–water partition coefficient (Wildman–Crippen LogP) is 3.62. The number of fused-ring (bicyclic) bond motifs is 1. The smallest absolute Gasteiger partial charge is 0.261 e. The van der Waals surface area contributed by atoms with Gasteiger partial charge in [0.15, 0.2) is 11.5 Å². The summed E-state index contributed by atoms with van der Waals surface area (Å²) in [6.45, 7) is 2.06. The van der Waals surface area contributed by atoms with Crippen LogP contribution in [0.5, 0.6) is 11.5 Å². The van der Waals surface area contributed by atoms with Gasteiger partial charge < -0.3 is 14.4 Å². The van der Waals surface area contributed by atoms with Crippen LogP contribution in [0.4, 0.5) is 0 Å². The van der Waals surface area contributed by atoms with Gasteiger partial charge in [-0.25, -0.2) is 4.98 Å². The molecular formula is C25H29N3O4. The van der Waals surface area contributed by atoms with Crippen LogP contribution in [0.3, 0.4) is 0 Å². The Balaban J connectivity index is 1.57. The Morgan fingerprint density at radius 2 is 1.84 bits per heavy atom. The van der Waals surface area contributed by atoms with E-state index in [-0.39, 0.29) is 23.6 Å². The summed E-state index contributed by atoms with van der Waals surface area (Å²) in [6.07, 6.45) is 5.05. The van der Waals surface area contributed by atoms with E-state index in [0.29, 0.717) is 28.9 Å². The van der Waals surface area contributed by atoms with E-state index in [1.165, 1.54) is 0 Å². The SMILES string of the molecule is COc1cc2ncn(Cc3ccccc3)c(=O)c2cc1O[C@H]1CC[C@H](N(C)C(C)=O)CC1. The number of amides is 1. The number of carbonyl (C=O) groups is 1. The number of aromatic nitrogens is 2. The van der Waals surface area contributed by atoms with Crippen LogP contribution < -0.4 is 15.0 Å². The minimum absolute atomic E-state index is 0.0150. The number of rotatable bonds is 6. The minimum atomic E-state index is -0.113. The van der Waals surface area contributed by atoms with Gasteiger partial charge in [0.05, 0.1) is 37.0 Å². The summed E-state index contributed by atoms with van der Waals surface area (Å²) >= 11 is 0. The Kier molecular flexibility index (Phi) is 6.44. The molecule has 0 saturated heterocycles. The molecule has 1 heterocycles. The molecule has 1 aromatic heterocycles. The summed E-state index contributed by atoms with van der Waals surface area (Å²) in [7, 11) is 3.44. The van der Waals surface area contributed by atoms with Crippen LogP contribution >= 0.6 is 0 Å². The molecule has 0 atom stereocenters. The highest BCUT2D eigenvalue weighted by molar-refractivity contribution is 5.81. The molecular weight excluding hydrogens is 406 g/mol. The second-order valence-electron chi connectivity index (χ2n) is 8.36. The summed E-state index contributed by atoms with van der Waals surface area (Å²) in [5, 5.41) is 0.504. The van der Waals surface area contributed by atoms with Crippen molar-refractivity contribution in [2.45, 2.75) is 51.3 Å². The Hall–Kier alpha value is -3.35. The number of nitrogens with zero attached hydrogens (tertiary/aromatic N) is 3. The molecule has 2 aromatic carbocycles. The van der Waals surface area contributed by atoms with Crippen molar-refractivity contribution in [1.29, 1.82) is 0 Å². The highest BCUT2D eigenvalue weighted by Gasteiger charge is 2.27. The fourth-order valence-corrected chi connectivity index (χ4v) is 4.30. The predicted molar refractivity (Wildman–Crippen MR) is 123 cm³/mol. The average molecular weight is 436 g/mol. The maximum Gasteiger partial charge on any atom is 0.261 e. The monoisotopic (exact) mass is 435 g/mol. The third kappa shape index (κ3) is 4.61. The van der Waals surface area contributed by atoms with Gasteiger partial charge in [-0.2, -0.15) is 0 Å². The van der Waals surface area contributed by atoms with E-state index in [1.54, 1.807) is 37.1 Å². The van der Waals surface area contributed by atoms with Crippen molar-refractivity contribution < 1.29 is 14.3 Å². The van der Waals surface area contributed by atoms with E-state index < -0.39 is 0 Å². The summed E-state index contributed by atoms with van der Waals surface area (Å²) in [4.78, 5) is 31.1. The summed E-state index contributed by atoms with van der Waals surface area (Å²) in [5.74, 6) is 1.21. The quantitative estimate of drug-likeness (QED) is 0.591. The average Bonchev–Trinajstić information content (AvgIpc) is 2.81. The van der Waals surface area contributed by atoms with Crippen molar-refractivity contribution in [2.75, 3.05) is 14.2 Å². The third-order valence-electron chi connectivity index (χ3n) is 6.29. The molecule has 3 aromatic rings. The number of benzene rings is 2. The van der Waals surface area contributed by atoms with Crippen molar-refractivity contribution in [3.05, 3.63) is 64.7 Å². The summed E-state index contributed by atoms with van der Waals surface area (Å²) in [5.41, 5.74) is 1.50. The van der Waals surface area contributed by atoms with Crippen molar-refractivity contribution >= 4 is 16.8 Å². The van der Waals surface area contributed by atoms with Gasteiger partial charge in [-0.1, -0.05) is 30.3 Å². The molecule has 0 N–H and O–H groups in total. The van der Waals surface area contributed by atoms with Crippen molar-refractivity contribution in [3.8, 4) is 11.5 Å². The fraction of sp³-hybridized carbons (Fsp3) is 0.400. The highest BCUT2D eigenvalue weighted by atomic mass is 16.5. The van der Waals surface area contributed by atoms with Gasteiger partial charge in [0, 0.05) is 26.1 Å². The van der Waals surface area contributed by atoms with Crippen LogP contribution in [0.25, 0.3) is 10.9 Å². The van der Waals surface area contributed by atoms with Gasteiger partial charge in [-0.05, 0) is 37.3 Å². The number of hydrogen-bond donors (Lipinski definition) is 0. The lowest BCUT2D eigenvalue weighted by molar-refractivity contribution is -0.130.